The predicted octanol–water partition coefficient (Wildman–Crippen LogP) is 7.75. The van der Waals surface area contributed by atoms with E-state index in [4.69, 9.17) is 4.74 Å². The lowest BCUT2D eigenvalue weighted by Gasteiger charge is -2.08. The average Bonchev–Trinajstić information content (AvgIpc) is 2.77. The zero-order valence-electron chi connectivity index (χ0n) is 17.9. The van der Waals surface area contributed by atoms with Crippen LogP contribution in [0.5, 0.6) is 5.75 Å². The second-order valence-electron chi connectivity index (χ2n) is 7.75. The number of hydrogen-bond donors (Lipinski definition) is 0. The van der Waals surface area contributed by atoms with E-state index < -0.39 is 11.8 Å². The summed E-state index contributed by atoms with van der Waals surface area (Å²) in [5.41, 5.74) is 2.29. The molecule has 3 aromatic carbocycles. The lowest BCUT2D eigenvalue weighted by atomic mass is 10.0. The highest BCUT2D eigenvalue weighted by Crippen LogP contribution is 2.23. The zero-order valence-corrected chi connectivity index (χ0v) is 17.9. The van der Waals surface area contributed by atoms with Gasteiger partial charge in [0.25, 0.3) is 0 Å². The Kier molecular flexibility index (Phi) is 8.34. The number of ether oxygens (including phenoxy) is 1. The van der Waals surface area contributed by atoms with Crippen LogP contribution in [0.25, 0.3) is 11.1 Å². The smallest absolute Gasteiger partial charge is 0.346 e. The maximum atomic E-state index is 14.5. The molecule has 0 aromatic heterocycles. The third kappa shape index (κ3) is 6.74. The predicted molar refractivity (Wildman–Crippen MR) is 120 cm³/mol. The minimum Gasteiger partial charge on any atom is -0.423 e. The van der Waals surface area contributed by atoms with Crippen LogP contribution in [0.15, 0.2) is 66.7 Å². The summed E-state index contributed by atoms with van der Waals surface area (Å²) in [6.07, 6.45) is 8.50. The highest BCUT2D eigenvalue weighted by molar-refractivity contribution is 5.92. The Labute approximate surface area is 182 Å². The Hall–Kier alpha value is -3.01. The maximum Gasteiger partial charge on any atom is 0.346 e. The molecular formula is C27H28F2O2. The van der Waals surface area contributed by atoms with E-state index in [0.717, 1.165) is 12.8 Å². The van der Waals surface area contributed by atoms with Gasteiger partial charge >= 0.3 is 5.97 Å². The summed E-state index contributed by atoms with van der Waals surface area (Å²) < 4.78 is 32.9. The second kappa shape index (κ2) is 11.4. The summed E-state index contributed by atoms with van der Waals surface area (Å²) in [5, 5.41) is 0. The molecule has 3 aromatic rings. The Bertz CT molecular complexity index is 979. The summed E-state index contributed by atoms with van der Waals surface area (Å²) in [6.45, 7) is 2.21. The van der Waals surface area contributed by atoms with Crippen LogP contribution in [0.3, 0.4) is 0 Å². The van der Waals surface area contributed by atoms with E-state index in [0.29, 0.717) is 16.9 Å². The van der Waals surface area contributed by atoms with Gasteiger partial charge in [0, 0.05) is 0 Å². The van der Waals surface area contributed by atoms with Crippen molar-refractivity contribution in [3.8, 4) is 16.9 Å². The molecule has 2 nitrogen and oxygen atoms in total. The molecule has 0 saturated carbocycles. The average molecular weight is 423 g/mol. The lowest BCUT2D eigenvalue weighted by molar-refractivity contribution is 0.0730. The number of carbonyl (C=O) groups excluding carboxylic acids is 1. The summed E-state index contributed by atoms with van der Waals surface area (Å²) in [4.78, 5) is 12.4. The standard InChI is InChI=1S/C27H28F2O2/c1-2-3-4-5-6-7-8-20-9-16-24(17-10-20)31-27(30)25-18-13-22(19-26(25)29)21-11-14-23(28)15-12-21/h9-19H,2-8H2,1H3. The van der Waals surface area contributed by atoms with Crippen molar-refractivity contribution in [3.63, 3.8) is 0 Å². The topological polar surface area (TPSA) is 26.3 Å². The molecule has 3 rings (SSSR count). The van der Waals surface area contributed by atoms with E-state index in [9.17, 15) is 13.6 Å². The van der Waals surface area contributed by atoms with Gasteiger partial charge in [0.2, 0.25) is 0 Å². The van der Waals surface area contributed by atoms with Crippen LogP contribution < -0.4 is 4.74 Å². The first kappa shape index (κ1) is 22.7. The number of aryl methyl sites for hydroxylation is 1. The van der Waals surface area contributed by atoms with E-state index in [-0.39, 0.29) is 11.4 Å². The minimum atomic E-state index is -0.744. The normalized spacial score (nSPS) is 10.8. The molecule has 0 unspecified atom stereocenters. The van der Waals surface area contributed by atoms with Crippen molar-refractivity contribution in [2.75, 3.05) is 0 Å². The van der Waals surface area contributed by atoms with Gasteiger partial charge < -0.3 is 4.74 Å². The molecule has 0 amide bonds. The molecule has 0 radical (unpaired) electrons. The molecule has 0 atom stereocenters. The molecule has 0 saturated heterocycles. The van der Waals surface area contributed by atoms with Gasteiger partial charge in [-0.15, -0.1) is 0 Å². The summed E-state index contributed by atoms with van der Waals surface area (Å²) in [6, 6.07) is 17.4. The summed E-state index contributed by atoms with van der Waals surface area (Å²) in [7, 11) is 0. The lowest BCUT2D eigenvalue weighted by Crippen LogP contribution is -2.10. The number of carbonyl (C=O) groups is 1. The van der Waals surface area contributed by atoms with E-state index in [1.165, 1.54) is 61.9 Å². The molecule has 0 aliphatic carbocycles. The van der Waals surface area contributed by atoms with Gasteiger partial charge in [0.1, 0.15) is 17.4 Å². The quantitative estimate of drug-likeness (QED) is 0.190. The highest BCUT2D eigenvalue weighted by Gasteiger charge is 2.15. The molecule has 31 heavy (non-hydrogen) atoms. The van der Waals surface area contributed by atoms with Crippen molar-refractivity contribution in [3.05, 3.63) is 89.5 Å². The Morgan fingerprint density at radius 2 is 1.42 bits per heavy atom. The maximum absolute atomic E-state index is 14.5. The first-order valence-electron chi connectivity index (χ1n) is 10.9. The molecule has 0 fully saturated rings. The third-order valence-corrected chi connectivity index (χ3v) is 5.32. The SMILES string of the molecule is CCCCCCCCc1ccc(OC(=O)c2ccc(-c3ccc(F)cc3)cc2F)cc1. The van der Waals surface area contributed by atoms with Crippen LogP contribution in [-0.4, -0.2) is 5.97 Å². The highest BCUT2D eigenvalue weighted by atomic mass is 19.1. The largest absolute Gasteiger partial charge is 0.423 e. The van der Waals surface area contributed by atoms with Crippen molar-refractivity contribution >= 4 is 5.97 Å². The first-order valence-corrected chi connectivity index (χ1v) is 10.9. The van der Waals surface area contributed by atoms with Crippen LogP contribution in [0.4, 0.5) is 8.78 Å². The van der Waals surface area contributed by atoms with Crippen molar-refractivity contribution in [1.82, 2.24) is 0 Å². The molecule has 162 valence electrons. The van der Waals surface area contributed by atoms with E-state index in [2.05, 4.69) is 6.92 Å². The fraction of sp³-hybridized carbons (Fsp3) is 0.296. The van der Waals surface area contributed by atoms with Crippen molar-refractivity contribution in [2.24, 2.45) is 0 Å². The van der Waals surface area contributed by atoms with Gasteiger partial charge in [-0.05, 0) is 65.9 Å². The zero-order chi connectivity index (χ0) is 22.1. The third-order valence-electron chi connectivity index (χ3n) is 5.32. The first-order chi connectivity index (χ1) is 15.1. The molecular weight excluding hydrogens is 394 g/mol. The fourth-order valence-electron chi connectivity index (χ4n) is 3.50. The monoisotopic (exact) mass is 422 g/mol. The van der Waals surface area contributed by atoms with E-state index in [1.54, 1.807) is 30.3 Å². The number of unbranched alkanes of at least 4 members (excludes halogenated alkanes) is 5. The molecule has 0 N–H and O–H groups in total. The minimum absolute atomic E-state index is 0.137. The van der Waals surface area contributed by atoms with Crippen LogP contribution in [0.1, 0.15) is 61.4 Å². The number of rotatable bonds is 10. The van der Waals surface area contributed by atoms with Crippen molar-refractivity contribution in [1.29, 1.82) is 0 Å². The van der Waals surface area contributed by atoms with Crippen LogP contribution >= 0.6 is 0 Å². The summed E-state index contributed by atoms with van der Waals surface area (Å²) in [5.74, 6) is -1.39. The van der Waals surface area contributed by atoms with Crippen LogP contribution in [-0.2, 0) is 6.42 Å². The number of esters is 1. The second-order valence-corrected chi connectivity index (χ2v) is 7.75. The number of hydrogen-bond acceptors (Lipinski definition) is 2. The Morgan fingerprint density at radius 3 is 2.10 bits per heavy atom. The summed E-state index contributed by atoms with van der Waals surface area (Å²) >= 11 is 0. The van der Waals surface area contributed by atoms with Crippen molar-refractivity contribution < 1.29 is 18.3 Å². The Balaban J connectivity index is 1.55. The van der Waals surface area contributed by atoms with Gasteiger partial charge in [-0.3, -0.25) is 0 Å². The van der Waals surface area contributed by atoms with Gasteiger partial charge in [-0.2, -0.15) is 0 Å². The van der Waals surface area contributed by atoms with Gasteiger partial charge in [0.05, 0.1) is 5.56 Å². The van der Waals surface area contributed by atoms with Crippen LogP contribution in [0.2, 0.25) is 0 Å². The van der Waals surface area contributed by atoms with E-state index >= 15 is 0 Å². The van der Waals surface area contributed by atoms with Gasteiger partial charge in [-0.1, -0.05) is 69.4 Å². The molecule has 4 heteroatoms. The Morgan fingerprint density at radius 1 is 0.774 bits per heavy atom. The van der Waals surface area contributed by atoms with Gasteiger partial charge in [-0.25, -0.2) is 13.6 Å². The van der Waals surface area contributed by atoms with Crippen LogP contribution in [0, 0.1) is 11.6 Å². The molecule has 0 heterocycles. The van der Waals surface area contributed by atoms with E-state index in [1.807, 2.05) is 12.1 Å². The number of benzene rings is 3. The number of halogens is 2. The van der Waals surface area contributed by atoms with Gasteiger partial charge in [0.15, 0.2) is 0 Å². The fourth-order valence-corrected chi connectivity index (χ4v) is 3.50. The molecule has 0 spiro atoms. The molecule has 0 aliphatic rings. The molecule has 0 aliphatic heterocycles. The molecule has 0 bridgehead atoms. The van der Waals surface area contributed by atoms with Crippen molar-refractivity contribution in [2.45, 2.75) is 51.9 Å².